The van der Waals surface area contributed by atoms with Gasteiger partial charge in [0.1, 0.15) is 0 Å². The third-order valence-electron chi connectivity index (χ3n) is 2.61. The Bertz CT molecular complexity index is 164. The summed E-state index contributed by atoms with van der Waals surface area (Å²) in [5, 5.41) is 3.33. The number of nitrogens with two attached hydrogens (primary N) is 1. The van der Waals surface area contributed by atoms with Gasteiger partial charge >= 0.3 is 6.03 Å². The van der Waals surface area contributed by atoms with Crippen LogP contribution in [0.25, 0.3) is 0 Å². The molecule has 0 spiro atoms. The fourth-order valence-corrected chi connectivity index (χ4v) is 1.71. The van der Waals surface area contributed by atoms with Gasteiger partial charge in [-0.15, -0.1) is 0 Å². The summed E-state index contributed by atoms with van der Waals surface area (Å²) in [4.78, 5) is 12.5. The zero-order chi connectivity index (χ0) is 9.68. The Hall–Kier alpha value is -0.770. The second-order valence-corrected chi connectivity index (χ2v) is 3.58. The van der Waals surface area contributed by atoms with E-state index in [9.17, 15) is 4.79 Å². The zero-order valence-corrected chi connectivity index (χ0v) is 8.25. The first-order valence-electron chi connectivity index (χ1n) is 4.99. The lowest BCUT2D eigenvalue weighted by Crippen LogP contribution is -2.43. The van der Waals surface area contributed by atoms with Crippen LogP contribution in [0.4, 0.5) is 4.79 Å². The van der Waals surface area contributed by atoms with Gasteiger partial charge in [0.05, 0.1) is 0 Å². The highest BCUT2D eigenvalue weighted by Crippen LogP contribution is 2.15. The highest BCUT2D eigenvalue weighted by molar-refractivity contribution is 5.72. The van der Waals surface area contributed by atoms with E-state index in [4.69, 9.17) is 5.73 Å². The Morgan fingerprint density at radius 1 is 1.54 bits per heavy atom. The van der Waals surface area contributed by atoms with Crippen molar-refractivity contribution in [3.63, 3.8) is 0 Å². The molecule has 0 radical (unpaired) electrons. The number of amides is 2. The molecule has 13 heavy (non-hydrogen) atoms. The van der Waals surface area contributed by atoms with Crippen molar-refractivity contribution in [3.05, 3.63) is 0 Å². The van der Waals surface area contributed by atoms with Crippen molar-refractivity contribution < 1.29 is 4.79 Å². The van der Waals surface area contributed by atoms with Gasteiger partial charge in [-0.2, -0.15) is 0 Å². The van der Waals surface area contributed by atoms with Crippen LogP contribution in [0.3, 0.4) is 0 Å². The van der Waals surface area contributed by atoms with Crippen LogP contribution < -0.4 is 11.1 Å². The molecule has 0 aromatic carbocycles. The minimum Gasteiger partial charge on any atom is -0.351 e. The van der Waals surface area contributed by atoms with Crippen LogP contribution in [-0.4, -0.2) is 37.1 Å². The monoisotopic (exact) mass is 185 g/mol. The molecule has 0 aromatic heterocycles. The molecule has 1 aliphatic heterocycles. The number of rotatable bonds is 3. The molecule has 1 aliphatic rings. The van der Waals surface area contributed by atoms with Crippen LogP contribution in [0.2, 0.25) is 0 Å². The second kappa shape index (κ2) is 5.07. The fourth-order valence-electron chi connectivity index (χ4n) is 1.71. The van der Waals surface area contributed by atoms with Gasteiger partial charge in [-0.05, 0) is 31.8 Å². The van der Waals surface area contributed by atoms with Crippen molar-refractivity contribution in [2.24, 2.45) is 11.7 Å². The Morgan fingerprint density at radius 3 is 2.62 bits per heavy atom. The summed E-state index contributed by atoms with van der Waals surface area (Å²) in [5.74, 6) is 0.718. The average molecular weight is 185 g/mol. The van der Waals surface area contributed by atoms with E-state index >= 15 is 0 Å². The predicted octanol–water partition coefficient (Wildman–Crippen LogP) is 0.387. The lowest BCUT2D eigenvalue weighted by molar-refractivity contribution is 0.178. The molecule has 0 saturated carbocycles. The number of hydrogen-bond donors (Lipinski definition) is 2. The van der Waals surface area contributed by atoms with E-state index in [0.717, 1.165) is 44.9 Å². The summed E-state index contributed by atoms with van der Waals surface area (Å²) < 4.78 is 0. The Balaban J connectivity index is 2.18. The Labute approximate surface area is 79.5 Å². The van der Waals surface area contributed by atoms with E-state index in [2.05, 4.69) is 12.2 Å². The van der Waals surface area contributed by atoms with Gasteiger partial charge in [0.2, 0.25) is 0 Å². The van der Waals surface area contributed by atoms with Crippen LogP contribution in [0.1, 0.15) is 19.8 Å². The maximum atomic E-state index is 10.8. The van der Waals surface area contributed by atoms with E-state index in [1.54, 1.807) is 4.90 Å². The molecule has 1 heterocycles. The minimum absolute atomic E-state index is 0.276. The van der Waals surface area contributed by atoms with Gasteiger partial charge in [-0.1, -0.05) is 6.92 Å². The Kier molecular flexibility index (Phi) is 4.02. The number of carbonyl (C=O) groups is 1. The number of piperidine rings is 1. The fraction of sp³-hybridized carbons (Fsp3) is 0.889. The number of urea groups is 1. The lowest BCUT2D eigenvalue weighted by atomic mass is 9.97. The third-order valence-corrected chi connectivity index (χ3v) is 2.61. The summed E-state index contributed by atoms with van der Waals surface area (Å²) in [6.45, 7) is 5.86. The van der Waals surface area contributed by atoms with Crippen molar-refractivity contribution >= 4 is 6.03 Å². The Morgan fingerprint density at radius 2 is 2.15 bits per heavy atom. The van der Waals surface area contributed by atoms with Crippen molar-refractivity contribution in [2.75, 3.05) is 26.2 Å². The zero-order valence-electron chi connectivity index (χ0n) is 8.25. The molecule has 4 heteroatoms. The van der Waals surface area contributed by atoms with E-state index in [1.807, 2.05) is 0 Å². The van der Waals surface area contributed by atoms with Gasteiger partial charge in [0, 0.05) is 13.1 Å². The first kappa shape index (κ1) is 10.3. The van der Waals surface area contributed by atoms with Crippen LogP contribution in [-0.2, 0) is 0 Å². The van der Waals surface area contributed by atoms with Crippen molar-refractivity contribution in [1.29, 1.82) is 0 Å². The molecule has 2 amide bonds. The topological polar surface area (TPSA) is 58.4 Å². The van der Waals surface area contributed by atoms with Gasteiger partial charge < -0.3 is 16.0 Å². The first-order chi connectivity index (χ1) is 6.24. The molecule has 76 valence electrons. The van der Waals surface area contributed by atoms with E-state index < -0.39 is 0 Å². The SMILES string of the molecule is CCNCC1CCN(C(N)=O)CC1. The van der Waals surface area contributed by atoms with Crippen LogP contribution in [0.15, 0.2) is 0 Å². The van der Waals surface area contributed by atoms with E-state index in [-0.39, 0.29) is 6.03 Å². The van der Waals surface area contributed by atoms with E-state index in [1.165, 1.54) is 0 Å². The van der Waals surface area contributed by atoms with Crippen LogP contribution >= 0.6 is 0 Å². The second-order valence-electron chi connectivity index (χ2n) is 3.58. The minimum atomic E-state index is -0.276. The highest BCUT2D eigenvalue weighted by atomic mass is 16.2. The third kappa shape index (κ3) is 3.22. The first-order valence-corrected chi connectivity index (χ1v) is 4.99. The van der Waals surface area contributed by atoms with Crippen molar-refractivity contribution in [3.8, 4) is 0 Å². The molecule has 0 aliphatic carbocycles. The van der Waals surface area contributed by atoms with Crippen molar-refractivity contribution in [1.82, 2.24) is 10.2 Å². The van der Waals surface area contributed by atoms with E-state index in [0.29, 0.717) is 0 Å². The van der Waals surface area contributed by atoms with Gasteiger partial charge in [0.25, 0.3) is 0 Å². The normalized spacial score (nSPS) is 19.0. The maximum absolute atomic E-state index is 10.8. The van der Waals surface area contributed by atoms with Crippen LogP contribution in [0, 0.1) is 5.92 Å². The van der Waals surface area contributed by atoms with Gasteiger partial charge in [-0.25, -0.2) is 4.79 Å². The smallest absolute Gasteiger partial charge is 0.314 e. The quantitative estimate of drug-likeness (QED) is 0.668. The maximum Gasteiger partial charge on any atom is 0.314 e. The van der Waals surface area contributed by atoms with Gasteiger partial charge in [-0.3, -0.25) is 0 Å². The summed E-state index contributed by atoms with van der Waals surface area (Å²) in [6.07, 6.45) is 2.16. The largest absolute Gasteiger partial charge is 0.351 e. The number of carbonyl (C=O) groups excluding carboxylic acids is 1. The van der Waals surface area contributed by atoms with Crippen molar-refractivity contribution in [2.45, 2.75) is 19.8 Å². The number of primary amides is 1. The molecule has 1 rings (SSSR count). The summed E-state index contributed by atoms with van der Waals surface area (Å²) >= 11 is 0. The molecule has 1 saturated heterocycles. The summed E-state index contributed by atoms with van der Waals surface area (Å²) in [7, 11) is 0. The molecule has 0 aromatic rings. The summed E-state index contributed by atoms with van der Waals surface area (Å²) in [5.41, 5.74) is 5.18. The standard InChI is InChI=1S/C9H19N3O/c1-2-11-7-8-3-5-12(6-4-8)9(10)13/h8,11H,2-7H2,1H3,(H2,10,13). The summed E-state index contributed by atoms with van der Waals surface area (Å²) in [6, 6.07) is -0.276. The lowest BCUT2D eigenvalue weighted by Gasteiger charge is -2.30. The number of nitrogens with one attached hydrogen (secondary N) is 1. The molecular formula is C9H19N3O. The molecule has 0 unspecified atom stereocenters. The highest BCUT2D eigenvalue weighted by Gasteiger charge is 2.20. The van der Waals surface area contributed by atoms with Gasteiger partial charge in [0.15, 0.2) is 0 Å². The number of hydrogen-bond acceptors (Lipinski definition) is 2. The molecule has 3 N–H and O–H groups in total. The van der Waals surface area contributed by atoms with Crippen LogP contribution in [0.5, 0.6) is 0 Å². The average Bonchev–Trinajstić information content (AvgIpc) is 2.15. The predicted molar refractivity (Wildman–Crippen MR) is 52.4 cm³/mol. The molecule has 0 atom stereocenters. The molecule has 4 nitrogen and oxygen atoms in total. The molecule has 1 fully saturated rings. The number of likely N-dealkylation sites (tertiary alicyclic amines) is 1. The number of nitrogens with zero attached hydrogens (tertiary/aromatic N) is 1. The molecular weight excluding hydrogens is 166 g/mol. The molecule has 0 bridgehead atoms.